The summed E-state index contributed by atoms with van der Waals surface area (Å²) in [4.78, 5) is 28.3. The van der Waals surface area contributed by atoms with Gasteiger partial charge in [-0.2, -0.15) is 0 Å². The number of amides is 2. The Hall–Kier alpha value is -2.78. The van der Waals surface area contributed by atoms with E-state index in [1.165, 1.54) is 35.2 Å². The lowest BCUT2D eigenvalue weighted by Crippen LogP contribution is -2.54. The van der Waals surface area contributed by atoms with Crippen molar-refractivity contribution in [1.82, 2.24) is 10.2 Å². The summed E-state index contributed by atoms with van der Waals surface area (Å²) < 4.78 is 28.5. The smallest absolute Gasteiger partial charge is 0.264 e. The van der Waals surface area contributed by atoms with Crippen molar-refractivity contribution in [2.75, 3.05) is 10.8 Å². The van der Waals surface area contributed by atoms with Gasteiger partial charge in [0, 0.05) is 27.2 Å². The molecule has 0 aliphatic carbocycles. The topological polar surface area (TPSA) is 86.8 Å². The average molecular weight is 611 g/mol. The van der Waals surface area contributed by atoms with Crippen molar-refractivity contribution < 1.29 is 18.0 Å². The van der Waals surface area contributed by atoms with Crippen LogP contribution < -0.4 is 9.62 Å². The van der Waals surface area contributed by atoms with E-state index in [4.69, 9.17) is 34.8 Å². The molecule has 0 spiro atoms. The van der Waals surface area contributed by atoms with Crippen LogP contribution in [0.25, 0.3) is 0 Å². The van der Waals surface area contributed by atoms with Crippen LogP contribution >= 0.6 is 34.8 Å². The van der Waals surface area contributed by atoms with E-state index < -0.39 is 34.1 Å². The second kappa shape index (κ2) is 12.6. The van der Waals surface area contributed by atoms with Gasteiger partial charge >= 0.3 is 0 Å². The third-order valence-electron chi connectivity index (χ3n) is 5.68. The fourth-order valence-corrected chi connectivity index (χ4v) is 5.83. The zero-order valence-electron chi connectivity index (χ0n) is 22.0. The van der Waals surface area contributed by atoms with Gasteiger partial charge < -0.3 is 10.2 Å². The molecular weight excluding hydrogens is 581 g/mol. The van der Waals surface area contributed by atoms with E-state index in [0.717, 1.165) is 4.31 Å². The van der Waals surface area contributed by atoms with E-state index in [-0.39, 0.29) is 33.1 Å². The Kier molecular flexibility index (Phi) is 9.93. The van der Waals surface area contributed by atoms with Gasteiger partial charge in [0.2, 0.25) is 11.8 Å². The third kappa shape index (κ3) is 8.35. The maximum Gasteiger partial charge on any atom is 0.264 e. The van der Waals surface area contributed by atoms with Crippen LogP contribution in [0.2, 0.25) is 15.1 Å². The van der Waals surface area contributed by atoms with Crippen LogP contribution in [-0.2, 0) is 26.2 Å². The van der Waals surface area contributed by atoms with E-state index in [1.54, 1.807) is 49.4 Å². The largest absolute Gasteiger partial charge is 0.350 e. The quantitative estimate of drug-likeness (QED) is 0.314. The van der Waals surface area contributed by atoms with Crippen molar-refractivity contribution in [3.63, 3.8) is 0 Å². The van der Waals surface area contributed by atoms with Crippen molar-refractivity contribution in [3.05, 3.63) is 93.4 Å². The number of benzene rings is 3. The number of nitrogens with one attached hydrogen (secondary N) is 1. The normalized spacial score (nSPS) is 12.5. The van der Waals surface area contributed by atoms with Gasteiger partial charge in [0.25, 0.3) is 10.0 Å². The van der Waals surface area contributed by atoms with Crippen LogP contribution in [-0.4, -0.2) is 43.3 Å². The molecule has 1 unspecified atom stereocenters. The van der Waals surface area contributed by atoms with Crippen LogP contribution in [0, 0.1) is 0 Å². The zero-order valence-corrected chi connectivity index (χ0v) is 25.1. The van der Waals surface area contributed by atoms with Crippen LogP contribution in [0.5, 0.6) is 0 Å². The lowest BCUT2D eigenvalue weighted by Gasteiger charge is -2.33. The fraction of sp³-hybridized carbons (Fsp3) is 0.286. The summed E-state index contributed by atoms with van der Waals surface area (Å²) in [6.07, 6.45) is 0. The van der Waals surface area contributed by atoms with E-state index in [1.807, 2.05) is 20.8 Å². The minimum atomic E-state index is -4.22. The number of halogens is 3. The van der Waals surface area contributed by atoms with Gasteiger partial charge in [-0.3, -0.25) is 13.9 Å². The van der Waals surface area contributed by atoms with Gasteiger partial charge in [-0.15, -0.1) is 0 Å². The monoisotopic (exact) mass is 609 g/mol. The predicted molar refractivity (Wildman–Crippen MR) is 157 cm³/mol. The number of hydrogen-bond acceptors (Lipinski definition) is 4. The molecule has 0 fully saturated rings. The molecule has 3 rings (SSSR count). The predicted octanol–water partition coefficient (Wildman–Crippen LogP) is 6.17. The Morgan fingerprint density at radius 3 is 1.97 bits per heavy atom. The molecule has 3 aromatic carbocycles. The molecule has 0 saturated heterocycles. The highest BCUT2D eigenvalue weighted by Crippen LogP contribution is 2.30. The van der Waals surface area contributed by atoms with Crippen LogP contribution in [0.1, 0.15) is 33.3 Å². The SMILES string of the molecule is CC(C(=O)NC(C)(C)C)N(Cc1ccc(Cl)cc1)C(=O)CN(c1cc(Cl)cc(Cl)c1)S(=O)(=O)c1ccccc1. The van der Waals surface area contributed by atoms with Crippen molar-refractivity contribution >= 4 is 62.3 Å². The Morgan fingerprint density at radius 1 is 0.872 bits per heavy atom. The molecule has 0 bridgehead atoms. The first-order valence-electron chi connectivity index (χ1n) is 12.1. The molecular formula is C28H30Cl3N3O4S. The lowest BCUT2D eigenvalue weighted by atomic mass is 10.1. The standard InChI is InChI=1S/C28H30Cl3N3O4S/c1-19(27(36)32-28(2,3)4)33(17-20-10-12-21(29)13-11-20)26(35)18-34(24-15-22(30)14-23(31)16-24)39(37,38)25-8-6-5-7-9-25/h5-16,19H,17-18H2,1-4H3,(H,32,36). The van der Waals surface area contributed by atoms with E-state index in [9.17, 15) is 18.0 Å². The number of carbonyl (C=O) groups excluding carboxylic acids is 2. The van der Waals surface area contributed by atoms with Gasteiger partial charge in [-0.1, -0.05) is 65.1 Å². The molecule has 3 aromatic rings. The molecule has 7 nitrogen and oxygen atoms in total. The molecule has 1 atom stereocenters. The lowest BCUT2D eigenvalue weighted by molar-refractivity contribution is -0.140. The number of carbonyl (C=O) groups is 2. The summed E-state index contributed by atoms with van der Waals surface area (Å²) in [7, 11) is -4.22. The average Bonchev–Trinajstić information content (AvgIpc) is 2.85. The minimum Gasteiger partial charge on any atom is -0.350 e. The Bertz CT molecular complexity index is 1410. The second-order valence-corrected chi connectivity index (χ2v) is 13.2. The Balaban J connectivity index is 2.05. The van der Waals surface area contributed by atoms with E-state index in [2.05, 4.69) is 5.32 Å². The van der Waals surface area contributed by atoms with Crippen molar-refractivity contribution in [2.24, 2.45) is 0 Å². The van der Waals surface area contributed by atoms with Gasteiger partial charge in [0.05, 0.1) is 10.6 Å². The molecule has 208 valence electrons. The van der Waals surface area contributed by atoms with Crippen LogP contribution in [0.4, 0.5) is 5.69 Å². The molecule has 0 heterocycles. The maximum atomic E-state index is 13.9. The number of anilines is 1. The summed E-state index contributed by atoms with van der Waals surface area (Å²) in [5, 5.41) is 3.81. The van der Waals surface area contributed by atoms with Crippen LogP contribution in [0.15, 0.2) is 77.7 Å². The zero-order chi connectivity index (χ0) is 29.0. The molecule has 2 amide bonds. The Labute approximate surface area is 244 Å². The van der Waals surface area contributed by atoms with E-state index in [0.29, 0.717) is 10.6 Å². The first-order chi connectivity index (χ1) is 18.2. The highest BCUT2D eigenvalue weighted by Gasteiger charge is 2.33. The summed E-state index contributed by atoms with van der Waals surface area (Å²) in [6, 6.07) is 18.0. The molecule has 0 aliphatic heterocycles. The summed E-state index contributed by atoms with van der Waals surface area (Å²) in [6.45, 7) is 6.54. The van der Waals surface area contributed by atoms with Crippen molar-refractivity contribution in [2.45, 2.75) is 50.7 Å². The molecule has 11 heteroatoms. The van der Waals surface area contributed by atoms with Gasteiger partial charge in [0.1, 0.15) is 12.6 Å². The maximum absolute atomic E-state index is 13.9. The van der Waals surface area contributed by atoms with Gasteiger partial charge in [-0.25, -0.2) is 8.42 Å². The number of sulfonamides is 1. The Morgan fingerprint density at radius 2 is 1.44 bits per heavy atom. The first-order valence-corrected chi connectivity index (χ1v) is 14.6. The summed E-state index contributed by atoms with van der Waals surface area (Å²) >= 11 is 18.4. The van der Waals surface area contributed by atoms with Crippen molar-refractivity contribution in [3.8, 4) is 0 Å². The highest BCUT2D eigenvalue weighted by molar-refractivity contribution is 7.92. The molecule has 0 aliphatic rings. The van der Waals surface area contributed by atoms with Crippen LogP contribution in [0.3, 0.4) is 0 Å². The molecule has 0 radical (unpaired) electrons. The van der Waals surface area contributed by atoms with E-state index >= 15 is 0 Å². The second-order valence-electron chi connectivity index (χ2n) is 10.0. The van der Waals surface area contributed by atoms with Crippen molar-refractivity contribution in [1.29, 1.82) is 0 Å². The van der Waals surface area contributed by atoms with Gasteiger partial charge in [0.15, 0.2) is 0 Å². The number of nitrogens with zero attached hydrogens (tertiary/aromatic N) is 2. The number of hydrogen-bond donors (Lipinski definition) is 1. The van der Waals surface area contributed by atoms with Gasteiger partial charge in [-0.05, 0) is 75.7 Å². The molecule has 1 N–H and O–H groups in total. The first kappa shape index (κ1) is 30.8. The molecule has 0 saturated carbocycles. The molecule has 0 aromatic heterocycles. The summed E-state index contributed by atoms with van der Waals surface area (Å²) in [5.74, 6) is -0.981. The number of rotatable bonds is 9. The highest BCUT2D eigenvalue weighted by atomic mass is 35.5. The fourth-order valence-electron chi connectivity index (χ4n) is 3.77. The summed E-state index contributed by atoms with van der Waals surface area (Å²) in [5.41, 5.74) is 0.287. The third-order valence-corrected chi connectivity index (χ3v) is 8.15. The molecule has 39 heavy (non-hydrogen) atoms. The minimum absolute atomic E-state index is 0.0170.